The van der Waals surface area contributed by atoms with E-state index in [1.807, 2.05) is 0 Å². The molecule has 1 N–H and O–H groups in total. The maximum Gasteiger partial charge on any atom is 0.0900 e. The number of rotatable bonds is 7. The zero-order valence-electron chi connectivity index (χ0n) is 13.7. The molecule has 4 atom stereocenters. The lowest BCUT2D eigenvalue weighted by Crippen LogP contribution is -2.39. The summed E-state index contributed by atoms with van der Waals surface area (Å²) in [5.74, 6) is 3.81. The summed E-state index contributed by atoms with van der Waals surface area (Å²) in [7, 11) is 0. The molecule has 3 aliphatic rings. The van der Waals surface area contributed by atoms with Gasteiger partial charge < -0.3 is 14.7 Å². The molecule has 3 nitrogen and oxygen atoms in total. The van der Waals surface area contributed by atoms with Crippen LogP contribution in [0.25, 0.3) is 0 Å². The van der Waals surface area contributed by atoms with Crippen LogP contribution in [0, 0.1) is 23.7 Å². The van der Waals surface area contributed by atoms with Gasteiger partial charge in [-0.15, -0.1) is 0 Å². The van der Waals surface area contributed by atoms with Gasteiger partial charge in [0.2, 0.25) is 0 Å². The van der Waals surface area contributed by atoms with E-state index in [0.717, 1.165) is 49.9 Å². The molecule has 0 spiro atoms. The molecular formula is C18H33NO2. The summed E-state index contributed by atoms with van der Waals surface area (Å²) >= 11 is 0. The van der Waals surface area contributed by atoms with Gasteiger partial charge in [0.1, 0.15) is 0 Å². The monoisotopic (exact) mass is 295 g/mol. The average Bonchev–Trinajstić information content (AvgIpc) is 3.09. The summed E-state index contributed by atoms with van der Waals surface area (Å²) in [6.07, 6.45) is 9.34. The quantitative estimate of drug-likeness (QED) is 0.733. The number of nitrogens with zero attached hydrogens (tertiary/aromatic N) is 1. The molecule has 0 amide bonds. The largest absolute Gasteiger partial charge is 0.389 e. The third kappa shape index (κ3) is 4.43. The van der Waals surface area contributed by atoms with Gasteiger partial charge in [0.15, 0.2) is 0 Å². The Morgan fingerprint density at radius 3 is 2.62 bits per heavy atom. The van der Waals surface area contributed by atoms with Gasteiger partial charge in [-0.3, -0.25) is 0 Å². The Hall–Kier alpha value is -0.120. The van der Waals surface area contributed by atoms with Crippen LogP contribution < -0.4 is 0 Å². The molecule has 1 heterocycles. The van der Waals surface area contributed by atoms with Crippen LogP contribution in [0.3, 0.4) is 0 Å². The van der Waals surface area contributed by atoms with Crippen molar-refractivity contribution in [3.05, 3.63) is 0 Å². The van der Waals surface area contributed by atoms with Crippen LogP contribution in [0.2, 0.25) is 0 Å². The fraction of sp³-hybridized carbons (Fsp3) is 1.00. The molecule has 0 aromatic heterocycles. The van der Waals surface area contributed by atoms with Crippen molar-refractivity contribution in [2.45, 2.75) is 58.0 Å². The molecule has 0 radical (unpaired) electrons. The predicted molar refractivity (Wildman–Crippen MR) is 85.2 cm³/mol. The molecule has 4 unspecified atom stereocenters. The summed E-state index contributed by atoms with van der Waals surface area (Å²) in [5.41, 5.74) is 0. The zero-order valence-corrected chi connectivity index (χ0v) is 13.7. The van der Waals surface area contributed by atoms with Crippen LogP contribution in [0.5, 0.6) is 0 Å². The van der Waals surface area contributed by atoms with Crippen molar-refractivity contribution < 1.29 is 9.84 Å². The van der Waals surface area contributed by atoms with Gasteiger partial charge in [-0.1, -0.05) is 13.3 Å². The van der Waals surface area contributed by atoms with Crippen molar-refractivity contribution in [1.82, 2.24) is 4.90 Å². The predicted octanol–water partition coefficient (Wildman–Crippen LogP) is 2.92. The molecule has 2 aliphatic carbocycles. The molecule has 1 aliphatic heterocycles. The lowest BCUT2D eigenvalue weighted by molar-refractivity contribution is 0.00593. The number of fused-ring (bicyclic) bond motifs is 2. The summed E-state index contributed by atoms with van der Waals surface area (Å²) in [5, 5.41) is 10.1. The molecule has 3 heteroatoms. The Bertz CT molecular complexity index is 314. The Morgan fingerprint density at radius 1 is 1.14 bits per heavy atom. The van der Waals surface area contributed by atoms with Crippen LogP contribution in [-0.2, 0) is 4.74 Å². The maximum absolute atomic E-state index is 10.1. The number of hydrogen-bond donors (Lipinski definition) is 1. The van der Waals surface area contributed by atoms with Crippen LogP contribution in [0.4, 0.5) is 0 Å². The van der Waals surface area contributed by atoms with Crippen molar-refractivity contribution in [3.8, 4) is 0 Å². The van der Waals surface area contributed by atoms with Gasteiger partial charge in [0.05, 0.1) is 12.7 Å². The van der Waals surface area contributed by atoms with Gasteiger partial charge in [-0.25, -0.2) is 0 Å². The highest BCUT2D eigenvalue weighted by Gasteiger charge is 2.38. The van der Waals surface area contributed by atoms with Crippen LogP contribution in [-0.4, -0.2) is 49.0 Å². The van der Waals surface area contributed by atoms with E-state index >= 15 is 0 Å². The van der Waals surface area contributed by atoms with Gasteiger partial charge >= 0.3 is 0 Å². The van der Waals surface area contributed by atoms with Crippen molar-refractivity contribution in [1.29, 1.82) is 0 Å². The van der Waals surface area contributed by atoms with Gasteiger partial charge in [0, 0.05) is 13.2 Å². The molecule has 122 valence electrons. The molecule has 0 aromatic carbocycles. The van der Waals surface area contributed by atoms with E-state index in [0.29, 0.717) is 6.61 Å². The first kappa shape index (κ1) is 15.8. The normalized spacial score (nSPS) is 35.4. The number of aliphatic hydroxyl groups excluding tert-OH is 1. The number of aliphatic hydroxyl groups is 1. The molecule has 0 aromatic rings. The van der Waals surface area contributed by atoms with Crippen LogP contribution in [0.1, 0.15) is 51.9 Å². The highest BCUT2D eigenvalue weighted by Crippen LogP contribution is 2.49. The van der Waals surface area contributed by atoms with Crippen LogP contribution >= 0.6 is 0 Å². The molecule has 3 rings (SSSR count). The van der Waals surface area contributed by atoms with Crippen molar-refractivity contribution in [3.63, 3.8) is 0 Å². The lowest BCUT2D eigenvalue weighted by atomic mass is 9.87. The molecule has 3 fully saturated rings. The van der Waals surface area contributed by atoms with E-state index < -0.39 is 0 Å². The maximum atomic E-state index is 10.1. The minimum absolute atomic E-state index is 0.307. The Kier molecular flexibility index (Phi) is 5.58. The SMILES string of the molecule is CC1CCN(CC(O)COCCC2CC3CCC2C3)CC1. The third-order valence-corrected chi connectivity index (χ3v) is 6.17. The minimum atomic E-state index is -0.307. The second kappa shape index (κ2) is 7.43. The van der Waals surface area contributed by atoms with E-state index in [1.54, 1.807) is 0 Å². The van der Waals surface area contributed by atoms with E-state index in [1.165, 1.54) is 44.9 Å². The van der Waals surface area contributed by atoms with Crippen molar-refractivity contribution in [2.24, 2.45) is 23.7 Å². The Morgan fingerprint density at radius 2 is 1.95 bits per heavy atom. The van der Waals surface area contributed by atoms with Crippen LogP contribution in [0.15, 0.2) is 0 Å². The van der Waals surface area contributed by atoms with E-state index in [2.05, 4.69) is 11.8 Å². The topological polar surface area (TPSA) is 32.7 Å². The van der Waals surface area contributed by atoms with E-state index in [4.69, 9.17) is 4.74 Å². The molecule has 21 heavy (non-hydrogen) atoms. The van der Waals surface area contributed by atoms with Gasteiger partial charge in [0.25, 0.3) is 0 Å². The first-order valence-corrected chi connectivity index (χ1v) is 9.19. The summed E-state index contributed by atoms with van der Waals surface area (Å²) in [6.45, 7) is 6.77. The summed E-state index contributed by atoms with van der Waals surface area (Å²) in [4.78, 5) is 2.39. The number of piperidine rings is 1. The second-order valence-electron chi connectivity index (χ2n) is 7.94. The zero-order chi connectivity index (χ0) is 14.7. The molecule has 1 saturated heterocycles. The minimum Gasteiger partial charge on any atom is -0.389 e. The fourth-order valence-electron chi connectivity index (χ4n) is 4.78. The lowest BCUT2D eigenvalue weighted by Gasteiger charge is -2.31. The first-order chi connectivity index (χ1) is 10.2. The average molecular weight is 295 g/mol. The molecular weight excluding hydrogens is 262 g/mol. The first-order valence-electron chi connectivity index (χ1n) is 9.19. The highest BCUT2D eigenvalue weighted by atomic mass is 16.5. The summed E-state index contributed by atoms with van der Waals surface area (Å²) in [6, 6.07) is 0. The number of likely N-dealkylation sites (tertiary alicyclic amines) is 1. The Balaban J connectivity index is 1.24. The number of ether oxygens (including phenoxy) is 1. The third-order valence-electron chi connectivity index (χ3n) is 6.17. The number of hydrogen-bond acceptors (Lipinski definition) is 3. The molecule has 2 saturated carbocycles. The smallest absolute Gasteiger partial charge is 0.0900 e. The van der Waals surface area contributed by atoms with E-state index in [9.17, 15) is 5.11 Å². The standard InChI is InChI=1S/C18H33NO2/c1-14-4-7-19(8-5-14)12-18(20)13-21-9-6-17-11-15-2-3-16(17)10-15/h14-18,20H,2-13H2,1H3. The Labute approximate surface area is 130 Å². The van der Waals surface area contributed by atoms with Crippen molar-refractivity contribution >= 4 is 0 Å². The van der Waals surface area contributed by atoms with Gasteiger partial charge in [-0.2, -0.15) is 0 Å². The van der Waals surface area contributed by atoms with Crippen molar-refractivity contribution in [2.75, 3.05) is 32.8 Å². The van der Waals surface area contributed by atoms with E-state index in [-0.39, 0.29) is 6.10 Å². The summed E-state index contributed by atoms with van der Waals surface area (Å²) < 4.78 is 5.75. The molecule has 2 bridgehead atoms. The second-order valence-corrected chi connectivity index (χ2v) is 7.94. The highest BCUT2D eigenvalue weighted by molar-refractivity contribution is 4.89. The number of β-amino-alcohol motifs (C(OH)–C–C–N with tert-alkyl or cyclic N) is 1. The van der Waals surface area contributed by atoms with Gasteiger partial charge in [-0.05, 0) is 75.3 Å². The fourth-order valence-corrected chi connectivity index (χ4v) is 4.78.